The van der Waals surface area contributed by atoms with Gasteiger partial charge in [-0.2, -0.15) is 0 Å². The Bertz CT molecular complexity index is 588. The van der Waals surface area contributed by atoms with Gasteiger partial charge in [-0.15, -0.1) is 0 Å². The van der Waals surface area contributed by atoms with E-state index in [1.807, 2.05) is 0 Å². The Kier molecular flexibility index (Phi) is 3.20. The highest BCUT2D eigenvalue weighted by Crippen LogP contribution is 2.28. The highest BCUT2D eigenvalue weighted by atomic mass is 35.5. The Morgan fingerprint density at radius 3 is 2.72 bits per heavy atom. The van der Waals surface area contributed by atoms with Crippen molar-refractivity contribution >= 4 is 34.7 Å². The molecule has 2 heterocycles. The van der Waals surface area contributed by atoms with Gasteiger partial charge in [-0.25, -0.2) is 15.0 Å². The normalized spacial score (nSPS) is 10.1. The molecule has 0 aliphatic rings. The third kappa shape index (κ3) is 2.43. The highest BCUT2D eigenvalue weighted by molar-refractivity contribution is 6.30. The van der Waals surface area contributed by atoms with Crippen LogP contribution in [0, 0.1) is 10.1 Å². The first-order valence-corrected chi connectivity index (χ1v) is 5.09. The first kappa shape index (κ1) is 12.0. The third-order valence-electron chi connectivity index (χ3n) is 2.01. The molecule has 0 aromatic carbocycles. The Labute approximate surface area is 106 Å². The molecular weight excluding hydrogens is 260 g/mol. The van der Waals surface area contributed by atoms with Crippen molar-refractivity contribution in [2.24, 2.45) is 0 Å². The Morgan fingerprint density at radius 2 is 2.11 bits per heavy atom. The van der Waals surface area contributed by atoms with Gasteiger partial charge in [0.25, 0.3) is 0 Å². The number of hydrogen-bond donors (Lipinski definition) is 2. The molecule has 0 spiro atoms. The second-order valence-corrected chi connectivity index (χ2v) is 3.64. The average molecular weight is 267 g/mol. The van der Waals surface area contributed by atoms with Gasteiger partial charge in [0.1, 0.15) is 12.1 Å². The van der Waals surface area contributed by atoms with Crippen molar-refractivity contribution in [1.29, 1.82) is 0 Å². The van der Waals surface area contributed by atoms with Gasteiger partial charge in [-0.05, 0) is 12.1 Å². The van der Waals surface area contributed by atoms with Gasteiger partial charge in [0.15, 0.2) is 0 Å². The fraction of sp³-hybridized carbons (Fsp3) is 0. The number of nitro groups is 1. The molecule has 92 valence electrons. The summed E-state index contributed by atoms with van der Waals surface area (Å²) in [7, 11) is 0. The smallest absolute Gasteiger partial charge is 0.353 e. The minimum atomic E-state index is -0.659. The van der Waals surface area contributed by atoms with E-state index in [1.54, 1.807) is 12.1 Å². The van der Waals surface area contributed by atoms with Crippen LogP contribution >= 0.6 is 11.6 Å². The summed E-state index contributed by atoms with van der Waals surface area (Å²) in [6.45, 7) is 0. The van der Waals surface area contributed by atoms with Crippen molar-refractivity contribution in [3.8, 4) is 0 Å². The van der Waals surface area contributed by atoms with Crippen LogP contribution in [-0.2, 0) is 0 Å². The number of nitrogens with zero attached hydrogens (tertiary/aromatic N) is 4. The minimum Gasteiger partial charge on any atom is -0.378 e. The van der Waals surface area contributed by atoms with E-state index in [2.05, 4.69) is 20.3 Å². The molecule has 2 rings (SSSR count). The fourth-order valence-corrected chi connectivity index (χ4v) is 1.35. The third-order valence-corrected chi connectivity index (χ3v) is 2.23. The number of nitrogens with one attached hydrogen (secondary N) is 1. The largest absolute Gasteiger partial charge is 0.378 e. The first-order chi connectivity index (χ1) is 8.58. The number of aromatic nitrogens is 3. The molecule has 0 radical (unpaired) electrons. The number of nitrogen functional groups attached to an aromatic ring is 1. The molecule has 0 fully saturated rings. The maximum absolute atomic E-state index is 10.9. The van der Waals surface area contributed by atoms with Crippen LogP contribution in [0.3, 0.4) is 0 Å². The number of hydrogen-bond acceptors (Lipinski definition) is 7. The van der Waals surface area contributed by atoms with Gasteiger partial charge in [0.2, 0.25) is 11.6 Å². The van der Waals surface area contributed by atoms with Gasteiger partial charge in [0, 0.05) is 6.20 Å². The summed E-state index contributed by atoms with van der Waals surface area (Å²) in [6, 6.07) is 3.15. The number of nitrogens with two attached hydrogens (primary N) is 1. The molecule has 0 amide bonds. The Morgan fingerprint density at radius 1 is 1.33 bits per heavy atom. The zero-order valence-corrected chi connectivity index (χ0v) is 9.63. The van der Waals surface area contributed by atoms with Crippen LogP contribution in [0.2, 0.25) is 5.02 Å². The first-order valence-electron chi connectivity index (χ1n) is 4.71. The molecule has 2 aromatic rings. The number of rotatable bonds is 3. The van der Waals surface area contributed by atoms with Crippen molar-refractivity contribution in [2.75, 3.05) is 11.1 Å². The van der Waals surface area contributed by atoms with Gasteiger partial charge in [0.05, 0.1) is 9.95 Å². The van der Waals surface area contributed by atoms with Crippen molar-refractivity contribution < 1.29 is 4.92 Å². The monoisotopic (exact) mass is 266 g/mol. The second-order valence-electron chi connectivity index (χ2n) is 3.20. The molecular formula is C9H7ClN6O2. The highest BCUT2D eigenvalue weighted by Gasteiger charge is 2.21. The van der Waals surface area contributed by atoms with Crippen molar-refractivity contribution in [3.63, 3.8) is 0 Å². The van der Waals surface area contributed by atoms with Crippen LogP contribution in [0.5, 0.6) is 0 Å². The molecule has 0 saturated heterocycles. The molecule has 3 N–H and O–H groups in total. The van der Waals surface area contributed by atoms with Crippen LogP contribution < -0.4 is 11.1 Å². The molecule has 0 aliphatic heterocycles. The molecule has 0 unspecified atom stereocenters. The summed E-state index contributed by atoms with van der Waals surface area (Å²) in [6.07, 6.45) is 2.53. The van der Waals surface area contributed by atoms with Crippen LogP contribution in [0.15, 0.2) is 24.7 Å². The number of pyridine rings is 1. The van der Waals surface area contributed by atoms with Gasteiger partial charge in [-0.3, -0.25) is 10.1 Å². The SMILES string of the molecule is Nc1ncnc(Nc2ccc(Cl)cn2)c1[N+](=O)[O-]. The molecule has 9 heteroatoms. The predicted octanol–water partition coefficient (Wildman–Crippen LogP) is 1.76. The van der Waals surface area contributed by atoms with Crippen LogP contribution in [0.1, 0.15) is 0 Å². The van der Waals surface area contributed by atoms with Gasteiger partial charge in [-0.1, -0.05) is 11.6 Å². The summed E-state index contributed by atoms with van der Waals surface area (Å²) in [5.41, 5.74) is 5.03. The van der Waals surface area contributed by atoms with E-state index in [9.17, 15) is 10.1 Å². The quantitative estimate of drug-likeness (QED) is 0.641. The van der Waals surface area contributed by atoms with Crippen LogP contribution in [0.4, 0.5) is 23.1 Å². The molecule has 18 heavy (non-hydrogen) atoms. The number of anilines is 3. The van der Waals surface area contributed by atoms with E-state index in [0.29, 0.717) is 10.8 Å². The van der Waals surface area contributed by atoms with Gasteiger partial charge < -0.3 is 11.1 Å². The fourth-order valence-electron chi connectivity index (χ4n) is 1.23. The van der Waals surface area contributed by atoms with E-state index in [-0.39, 0.29) is 11.6 Å². The summed E-state index contributed by atoms with van der Waals surface area (Å²) < 4.78 is 0. The minimum absolute atomic E-state index is 0.0256. The second kappa shape index (κ2) is 4.80. The molecule has 8 nitrogen and oxygen atoms in total. The Hall–Kier alpha value is -2.48. The van der Waals surface area contributed by atoms with E-state index < -0.39 is 10.6 Å². The molecule has 0 saturated carbocycles. The molecule has 0 aliphatic carbocycles. The summed E-state index contributed by atoms with van der Waals surface area (Å²) in [4.78, 5) is 21.5. The summed E-state index contributed by atoms with van der Waals surface area (Å²) in [5, 5.41) is 14.0. The van der Waals surface area contributed by atoms with E-state index in [4.69, 9.17) is 17.3 Å². The van der Waals surface area contributed by atoms with E-state index in [1.165, 1.54) is 6.20 Å². The maximum Gasteiger partial charge on any atom is 0.353 e. The molecule has 0 atom stereocenters. The lowest BCUT2D eigenvalue weighted by atomic mass is 10.4. The van der Waals surface area contributed by atoms with Crippen LogP contribution in [0.25, 0.3) is 0 Å². The standard InChI is InChI=1S/C9H7ClN6O2/c10-5-1-2-6(12-3-5)15-9-7(16(17)18)8(11)13-4-14-9/h1-4H,(H3,11,12,13,14,15). The van der Waals surface area contributed by atoms with Crippen molar-refractivity contribution in [2.45, 2.75) is 0 Å². The lowest BCUT2D eigenvalue weighted by Crippen LogP contribution is -2.05. The van der Waals surface area contributed by atoms with Gasteiger partial charge >= 0.3 is 5.69 Å². The molecule has 2 aromatic heterocycles. The van der Waals surface area contributed by atoms with Crippen molar-refractivity contribution in [1.82, 2.24) is 15.0 Å². The Balaban J connectivity index is 2.37. The molecule has 0 bridgehead atoms. The summed E-state index contributed by atoms with van der Waals surface area (Å²) >= 11 is 5.68. The topological polar surface area (TPSA) is 120 Å². The van der Waals surface area contributed by atoms with E-state index >= 15 is 0 Å². The summed E-state index contributed by atoms with van der Waals surface area (Å²) in [5.74, 6) is 0.120. The number of halogens is 1. The zero-order valence-electron chi connectivity index (χ0n) is 8.87. The van der Waals surface area contributed by atoms with E-state index in [0.717, 1.165) is 6.33 Å². The zero-order chi connectivity index (χ0) is 13.1. The van der Waals surface area contributed by atoms with Crippen molar-refractivity contribution in [3.05, 3.63) is 39.8 Å². The lowest BCUT2D eigenvalue weighted by molar-refractivity contribution is -0.383. The average Bonchev–Trinajstić information content (AvgIpc) is 2.32. The lowest BCUT2D eigenvalue weighted by Gasteiger charge is -2.05. The predicted molar refractivity (Wildman–Crippen MR) is 65.6 cm³/mol. The maximum atomic E-state index is 10.9. The van der Waals surface area contributed by atoms with Crippen LogP contribution in [-0.4, -0.2) is 19.9 Å².